The molecule has 8 bridgehead atoms. The van der Waals surface area contributed by atoms with Crippen molar-refractivity contribution >= 4 is 28.9 Å². The lowest BCUT2D eigenvalue weighted by Gasteiger charge is -2.15. The third-order valence-corrected chi connectivity index (χ3v) is 6.24. The van der Waals surface area contributed by atoms with Crippen LogP contribution >= 0.6 is 0 Å². The second-order valence-electron chi connectivity index (χ2n) is 9.04. The third-order valence-electron chi connectivity index (χ3n) is 6.24. The molecule has 5 heterocycles. The van der Waals surface area contributed by atoms with Crippen LogP contribution in [0.15, 0.2) is 72.9 Å². The molecule has 1 aliphatic carbocycles. The monoisotopic (exact) mass is 479 g/mol. The highest BCUT2D eigenvalue weighted by Crippen LogP contribution is 2.32. The largest absolute Gasteiger partial charge is 0.493 e. The lowest BCUT2D eigenvalue weighted by molar-refractivity contribution is 0.102. The van der Waals surface area contributed by atoms with Crippen molar-refractivity contribution in [3.05, 3.63) is 84.1 Å². The summed E-state index contributed by atoms with van der Waals surface area (Å²) in [7, 11) is 0. The Labute approximate surface area is 208 Å². The first kappa shape index (κ1) is 21.9. The van der Waals surface area contributed by atoms with Crippen molar-refractivity contribution < 1.29 is 14.3 Å². The number of carbonyl (C=O) groups is 1. The van der Waals surface area contributed by atoms with Gasteiger partial charge in [-0.15, -0.1) is 0 Å². The molecule has 1 saturated carbocycles. The van der Waals surface area contributed by atoms with Crippen LogP contribution in [0.4, 0.5) is 23.0 Å². The van der Waals surface area contributed by atoms with Gasteiger partial charge in [-0.05, 0) is 85.5 Å². The van der Waals surface area contributed by atoms with Crippen LogP contribution in [0.1, 0.15) is 28.8 Å². The van der Waals surface area contributed by atoms with E-state index in [9.17, 15) is 4.79 Å². The molecule has 1 fully saturated rings. The standard InChI is InChI=1S/C28H25N5O3/c29-24-14-18-3-9-23(24)25-11-12-30-28(33-25)32-21-6-10-26(36-15-17-1-2-17)19(13-21)16-35-22-7-4-20(5-8-22)31-27(18)34/h3-14,17H,1-2,15-16,29H2,(H,31,34)(H,30,32,33). The third kappa shape index (κ3) is 4.79. The normalized spacial score (nSPS) is 14.6. The van der Waals surface area contributed by atoms with Crippen molar-refractivity contribution in [3.8, 4) is 22.8 Å². The van der Waals surface area contributed by atoms with E-state index in [2.05, 4.69) is 20.6 Å². The summed E-state index contributed by atoms with van der Waals surface area (Å²) in [5.41, 5.74) is 11.0. The van der Waals surface area contributed by atoms with E-state index in [4.69, 9.17) is 15.2 Å². The lowest BCUT2D eigenvalue weighted by Crippen LogP contribution is -2.12. The molecule has 0 spiro atoms. The molecule has 8 heteroatoms. The number of hydrogen-bond acceptors (Lipinski definition) is 7. The van der Waals surface area contributed by atoms with Gasteiger partial charge in [0.15, 0.2) is 0 Å². The van der Waals surface area contributed by atoms with Crippen LogP contribution in [0.3, 0.4) is 0 Å². The number of benzene rings is 3. The zero-order valence-electron chi connectivity index (χ0n) is 19.5. The van der Waals surface area contributed by atoms with Crippen molar-refractivity contribution in [2.45, 2.75) is 19.4 Å². The van der Waals surface area contributed by atoms with Crippen LogP contribution in [0, 0.1) is 5.92 Å². The Morgan fingerprint density at radius 1 is 0.972 bits per heavy atom. The molecule has 0 radical (unpaired) electrons. The number of nitrogen functional groups attached to an aromatic ring is 1. The fourth-order valence-corrected chi connectivity index (χ4v) is 4.04. The molecule has 0 saturated heterocycles. The van der Waals surface area contributed by atoms with Gasteiger partial charge in [-0.25, -0.2) is 9.97 Å². The quantitative estimate of drug-likeness (QED) is 0.337. The number of nitrogens with zero attached hydrogens (tertiary/aromatic N) is 2. The summed E-state index contributed by atoms with van der Waals surface area (Å²) in [5.74, 6) is 2.30. The van der Waals surface area contributed by atoms with Crippen LogP contribution in [-0.4, -0.2) is 22.5 Å². The Balaban J connectivity index is 1.39. The first-order valence-corrected chi connectivity index (χ1v) is 11.9. The molecule has 4 aromatic rings. The molecule has 4 N–H and O–H groups in total. The smallest absolute Gasteiger partial charge is 0.255 e. The number of nitrogens with two attached hydrogens (primary N) is 1. The molecule has 4 aliphatic heterocycles. The molecule has 1 aromatic heterocycles. The summed E-state index contributed by atoms with van der Waals surface area (Å²) >= 11 is 0. The maximum atomic E-state index is 12.8. The molecule has 1 amide bonds. The van der Waals surface area contributed by atoms with E-state index in [1.807, 2.05) is 42.5 Å². The molecule has 0 atom stereocenters. The van der Waals surface area contributed by atoms with Gasteiger partial charge < -0.3 is 25.8 Å². The number of carbonyl (C=O) groups excluding carboxylic acids is 1. The average molecular weight is 480 g/mol. The number of rotatable bonds is 3. The maximum Gasteiger partial charge on any atom is 0.255 e. The van der Waals surface area contributed by atoms with Gasteiger partial charge >= 0.3 is 0 Å². The van der Waals surface area contributed by atoms with Gasteiger partial charge in [-0.3, -0.25) is 4.79 Å². The predicted octanol–water partition coefficient (Wildman–Crippen LogP) is 5.40. The van der Waals surface area contributed by atoms with Gasteiger partial charge in [0, 0.05) is 39.9 Å². The number of nitrogens with one attached hydrogen (secondary N) is 2. The van der Waals surface area contributed by atoms with Crippen LogP contribution < -0.4 is 25.8 Å². The average Bonchev–Trinajstić information content (AvgIpc) is 3.72. The predicted molar refractivity (Wildman–Crippen MR) is 139 cm³/mol. The molecule has 9 rings (SSSR count). The molecule has 180 valence electrons. The molecule has 36 heavy (non-hydrogen) atoms. The Kier molecular flexibility index (Phi) is 5.61. The van der Waals surface area contributed by atoms with Gasteiger partial charge in [0.05, 0.1) is 12.3 Å². The minimum absolute atomic E-state index is 0.252. The van der Waals surface area contributed by atoms with E-state index >= 15 is 0 Å². The van der Waals surface area contributed by atoms with Crippen molar-refractivity contribution in [2.24, 2.45) is 5.92 Å². The second kappa shape index (κ2) is 9.22. The van der Waals surface area contributed by atoms with Crippen LogP contribution in [0.5, 0.6) is 11.5 Å². The van der Waals surface area contributed by atoms with Crippen molar-refractivity contribution in [3.63, 3.8) is 0 Å². The molecule has 8 nitrogen and oxygen atoms in total. The second-order valence-corrected chi connectivity index (χ2v) is 9.04. The fraction of sp³-hybridized carbons (Fsp3) is 0.179. The summed E-state index contributed by atoms with van der Waals surface area (Å²) in [6.07, 6.45) is 4.11. The van der Waals surface area contributed by atoms with E-state index in [0.29, 0.717) is 53.5 Å². The van der Waals surface area contributed by atoms with Crippen LogP contribution in [0.25, 0.3) is 11.3 Å². The highest BCUT2D eigenvalue weighted by atomic mass is 16.5. The van der Waals surface area contributed by atoms with Crippen molar-refractivity contribution in [1.82, 2.24) is 9.97 Å². The van der Waals surface area contributed by atoms with Crippen molar-refractivity contribution in [2.75, 3.05) is 23.0 Å². The first-order valence-electron chi connectivity index (χ1n) is 11.9. The highest BCUT2D eigenvalue weighted by molar-refractivity contribution is 6.05. The van der Waals surface area contributed by atoms with E-state index in [1.54, 1.807) is 30.5 Å². The lowest BCUT2D eigenvalue weighted by atomic mass is 10.1. The Morgan fingerprint density at radius 2 is 1.81 bits per heavy atom. The minimum Gasteiger partial charge on any atom is -0.493 e. The number of aromatic nitrogens is 2. The Bertz CT molecular complexity index is 1430. The summed E-state index contributed by atoms with van der Waals surface area (Å²) in [6.45, 7) is 1.03. The molecule has 3 aromatic carbocycles. The van der Waals surface area contributed by atoms with Crippen LogP contribution in [0.2, 0.25) is 0 Å². The Hall–Kier alpha value is -4.59. The molecule has 5 aliphatic rings. The first-order chi connectivity index (χ1) is 17.6. The number of hydrogen-bond donors (Lipinski definition) is 3. The van der Waals surface area contributed by atoms with E-state index in [1.165, 1.54) is 12.8 Å². The number of ether oxygens (including phenoxy) is 2. The van der Waals surface area contributed by atoms with Gasteiger partial charge in [0.25, 0.3) is 5.91 Å². The van der Waals surface area contributed by atoms with Gasteiger partial charge in [0.2, 0.25) is 5.95 Å². The summed E-state index contributed by atoms with van der Waals surface area (Å²) < 4.78 is 12.2. The van der Waals surface area contributed by atoms with Crippen LogP contribution in [-0.2, 0) is 6.61 Å². The Morgan fingerprint density at radius 3 is 2.61 bits per heavy atom. The minimum atomic E-state index is -0.252. The van der Waals surface area contributed by atoms with E-state index in [-0.39, 0.29) is 5.91 Å². The zero-order chi connectivity index (χ0) is 24.5. The van der Waals surface area contributed by atoms with Crippen molar-refractivity contribution in [1.29, 1.82) is 0 Å². The molecule has 0 unspecified atom stereocenters. The SMILES string of the molecule is Nc1cc2ccc1-c1ccnc(n1)Nc1ccc(OCC3CC3)c(c1)COc1ccc(cc1)NC2=O. The fourth-order valence-electron chi connectivity index (χ4n) is 4.04. The highest BCUT2D eigenvalue weighted by Gasteiger charge is 2.22. The number of amides is 1. The van der Waals surface area contributed by atoms with Gasteiger partial charge in [-0.1, -0.05) is 0 Å². The molecular formula is C28H25N5O3. The summed E-state index contributed by atoms with van der Waals surface area (Å²) in [6, 6.07) is 20.1. The van der Waals surface area contributed by atoms with Gasteiger partial charge in [-0.2, -0.15) is 0 Å². The summed E-state index contributed by atoms with van der Waals surface area (Å²) in [4.78, 5) is 21.8. The van der Waals surface area contributed by atoms with E-state index < -0.39 is 0 Å². The van der Waals surface area contributed by atoms with E-state index in [0.717, 1.165) is 22.6 Å². The maximum absolute atomic E-state index is 12.8. The van der Waals surface area contributed by atoms with Gasteiger partial charge in [0.1, 0.15) is 18.1 Å². The topological polar surface area (TPSA) is 111 Å². The number of anilines is 4. The summed E-state index contributed by atoms with van der Waals surface area (Å²) in [5, 5.41) is 6.18. The zero-order valence-corrected chi connectivity index (χ0v) is 19.5. The molecular weight excluding hydrogens is 454 g/mol.